The van der Waals surface area contributed by atoms with Gasteiger partial charge in [-0.3, -0.25) is 10.1 Å². The van der Waals surface area contributed by atoms with E-state index in [-0.39, 0.29) is 5.41 Å². The van der Waals surface area contributed by atoms with E-state index in [2.05, 4.69) is 73.3 Å². The maximum atomic E-state index is 4.43. The van der Waals surface area contributed by atoms with Crippen LogP contribution in [0.2, 0.25) is 0 Å². The molecule has 1 saturated carbocycles. The van der Waals surface area contributed by atoms with E-state index >= 15 is 0 Å². The molecule has 1 fully saturated rings. The third kappa shape index (κ3) is 4.47. The molecule has 0 radical (unpaired) electrons. The third-order valence-electron chi connectivity index (χ3n) is 5.84. The van der Waals surface area contributed by atoms with Gasteiger partial charge in [-0.2, -0.15) is 5.10 Å². The predicted octanol–water partition coefficient (Wildman–Crippen LogP) is 3.65. The monoisotopic (exact) mass is 388 g/mol. The highest BCUT2D eigenvalue weighted by Crippen LogP contribution is 2.40. The summed E-state index contributed by atoms with van der Waals surface area (Å²) in [5, 5.41) is 13.9. The summed E-state index contributed by atoms with van der Waals surface area (Å²) in [4.78, 5) is 8.65. The minimum atomic E-state index is 0.199. The standard InChI is InChI=1S/C23H28N6/c1-24-22(25-15-18-8-7-9-19(14-18)21-27-17-28-29-21)26-16-23(12-5-6-13-23)20-10-3-2-4-11-20/h2-4,7-11,14,17H,5-6,12-13,15-16H2,1H3,(H2,24,25,26)(H,27,28,29). The van der Waals surface area contributed by atoms with E-state index in [1.54, 1.807) is 0 Å². The Labute approximate surface area is 171 Å². The highest BCUT2D eigenvalue weighted by molar-refractivity contribution is 5.79. The summed E-state index contributed by atoms with van der Waals surface area (Å²) in [5.41, 5.74) is 3.82. The number of benzene rings is 2. The first-order chi connectivity index (χ1) is 14.3. The van der Waals surface area contributed by atoms with E-state index in [1.807, 2.05) is 19.2 Å². The van der Waals surface area contributed by atoms with Gasteiger partial charge in [0.05, 0.1) is 0 Å². The van der Waals surface area contributed by atoms with E-state index in [0.717, 1.165) is 23.9 Å². The van der Waals surface area contributed by atoms with Crippen LogP contribution in [0, 0.1) is 0 Å². The Hall–Kier alpha value is -3.15. The molecule has 6 heteroatoms. The molecule has 0 unspecified atom stereocenters. The van der Waals surface area contributed by atoms with Crippen molar-refractivity contribution < 1.29 is 0 Å². The maximum absolute atomic E-state index is 4.43. The third-order valence-corrected chi connectivity index (χ3v) is 5.84. The van der Waals surface area contributed by atoms with Gasteiger partial charge in [0.25, 0.3) is 0 Å². The van der Waals surface area contributed by atoms with Crippen molar-refractivity contribution in [3.05, 3.63) is 72.1 Å². The van der Waals surface area contributed by atoms with Gasteiger partial charge < -0.3 is 10.6 Å². The normalized spacial score (nSPS) is 16.0. The smallest absolute Gasteiger partial charge is 0.191 e. The van der Waals surface area contributed by atoms with E-state index < -0.39 is 0 Å². The molecule has 0 saturated heterocycles. The van der Waals surface area contributed by atoms with E-state index in [1.165, 1.54) is 43.1 Å². The van der Waals surface area contributed by atoms with Gasteiger partial charge in [0, 0.05) is 31.1 Å². The fraction of sp³-hybridized carbons (Fsp3) is 0.348. The van der Waals surface area contributed by atoms with Crippen LogP contribution in [0.3, 0.4) is 0 Å². The summed E-state index contributed by atoms with van der Waals surface area (Å²) < 4.78 is 0. The number of hydrogen-bond acceptors (Lipinski definition) is 3. The lowest BCUT2D eigenvalue weighted by molar-refractivity contribution is 0.431. The molecule has 0 spiro atoms. The van der Waals surface area contributed by atoms with E-state index in [0.29, 0.717) is 6.54 Å². The number of rotatable bonds is 6. The minimum absolute atomic E-state index is 0.199. The van der Waals surface area contributed by atoms with Gasteiger partial charge in [0.2, 0.25) is 0 Å². The Balaban J connectivity index is 1.38. The number of aromatic amines is 1. The number of nitrogens with zero attached hydrogens (tertiary/aromatic N) is 3. The first-order valence-corrected chi connectivity index (χ1v) is 10.2. The first kappa shape index (κ1) is 19.2. The van der Waals surface area contributed by atoms with Gasteiger partial charge in [-0.05, 0) is 30.0 Å². The molecular weight excluding hydrogens is 360 g/mol. The predicted molar refractivity (Wildman–Crippen MR) is 117 cm³/mol. The van der Waals surface area contributed by atoms with E-state index in [4.69, 9.17) is 0 Å². The van der Waals surface area contributed by atoms with Crippen molar-refractivity contribution in [2.75, 3.05) is 13.6 Å². The summed E-state index contributed by atoms with van der Waals surface area (Å²) in [6.45, 7) is 1.59. The number of H-pyrrole nitrogens is 1. The van der Waals surface area contributed by atoms with Crippen LogP contribution < -0.4 is 10.6 Å². The molecular formula is C23H28N6. The second-order valence-corrected chi connectivity index (χ2v) is 7.67. The summed E-state index contributed by atoms with van der Waals surface area (Å²) >= 11 is 0. The van der Waals surface area contributed by atoms with Gasteiger partial charge in [0.1, 0.15) is 6.33 Å². The Bertz CT molecular complexity index is 927. The molecule has 1 aromatic heterocycles. The number of nitrogens with one attached hydrogen (secondary N) is 3. The Kier molecular flexibility index (Phi) is 5.89. The lowest BCUT2D eigenvalue weighted by Crippen LogP contribution is -2.44. The maximum Gasteiger partial charge on any atom is 0.191 e. The number of aliphatic imine (C=N–C) groups is 1. The second-order valence-electron chi connectivity index (χ2n) is 7.67. The van der Waals surface area contributed by atoms with Crippen molar-refractivity contribution in [2.24, 2.45) is 4.99 Å². The highest BCUT2D eigenvalue weighted by atomic mass is 15.2. The van der Waals surface area contributed by atoms with Crippen molar-refractivity contribution in [1.82, 2.24) is 25.8 Å². The molecule has 1 heterocycles. The number of hydrogen-bond donors (Lipinski definition) is 3. The van der Waals surface area contributed by atoms with Crippen molar-refractivity contribution in [1.29, 1.82) is 0 Å². The molecule has 4 rings (SSSR count). The SMILES string of the molecule is CN=C(NCc1cccc(-c2ncn[nH]2)c1)NCC1(c2ccccc2)CCCC1. The minimum Gasteiger partial charge on any atom is -0.356 e. The molecule has 6 nitrogen and oxygen atoms in total. The molecule has 0 atom stereocenters. The topological polar surface area (TPSA) is 78.0 Å². The van der Waals surface area contributed by atoms with Crippen molar-refractivity contribution in [3.63, 3.8) is 0 Å². The molecule has 2 aromatic carbocycles. The molecule has 0 aliphatic heterocycles. The zero-order valence-electron chi connectivity index (χ0n) is 16.9. The zero-order valence-corrected chi connectivity index (χ0v) is 16.9. The van der Waals surface area contributed by atoms with Crippen LogP contribution in [-0.4, -0.2) is 34.7 Å². The largest absolute Gasteiger partial charge is 0.356 e. The Morgan fingerprint density at radius 1 is 1.07 bits per heavy atom. The van der Waals surface area contributed by atoms with Crippen LogP contribution >= 0.6 is 0 Å². The quantitative estimate of drug-likeness (QED) is 0.445. The van der Waals surface area contributed by atoms with Crippen molar-refractivity contribution in [3.8, 4) is 11.4 Å². The Morgan fingerprint density at radius 2 is 1.90 bits per heavy atom. The molecule has 3 aromatic rings. The summed E-state index contributed by atoms with van der Waals surface area (Å²) in [5.74, 6) is 1.61. The fourth-order valence-electron chi connectivity index (χ4n) is 4.24. The first-order valence-electron chi connectivity index (χ1n) is 10.2. The van der Waals surface area contributed by atoms with Crippen LogP contribution in [0.5, 0.6) is 0 Å². The van der Waals surface area contributed by atoms with Gasteiger partial charge in [0.15, 0.2) is 11.8 Å². The second kappa shape index (κ2) is 8.90. The molecule has 3 N–H and O–H groups in total. The molecule has 150 valence electrons. The summed E-state index contributed by atoms with van der Waals surface area (Å²) in [6.07, 6.45) is 6.55. The average Bonchev–Trinajstić information content (AvgIpc) is 3.48. The molecule has 1 aliphatic carbocycles. The van der Waals surface area contributed by atoms with Gasteiger partial charge in [-0.1, -0.05) is 61.4 Å². The lowest BCUT2D eigenvalue weighted by Gasteiger charge is -2.30. The van der Waals surface area contributed by atoms with Crippen molar-refractivity contribution in [2.45, 2.75) is 37.6 Å². The van der Waals surface area contributed by atoms with Crippen molar-refractivity contribution >= 4 is 5.96 Å². The molecule has 29 heavy (non-hydrogen) atoms. The average molecular weight is 389 g/mol. The van der Waals surface area contributed by atoms with Crippen LogP contribution in [0.1, 0.15) is 36.8 Å². The fourth-order valence-corrected chi connectivity index (χ4v) is 4.24. The molecule has 0 amide bonds. The number of guanidine groups is 1. The van der Waals surface area contributed by atoms with Crippen LogP contribution in [0.25, 0.3) is 11.4 Å². The van der Waals surface area contributed by atoms with Crippen LogP contribution in [0.15, 0.2) is 65.9 Å². The number of aromatic nitrogens is 3. The summed E-state index contributed by atoms with van der Waals surface area (Å²) in [7, 11) is 1.82. The lowest BCUT2D eigenvalue weighted by atomic mass is 9.79. The van der Waals surface area contributed by atoms with Gasteiger partial charge in [-0.15, -0.1) is 0 Å². The van der Waals surface area contributed by atoms with Crippen LogP contribution in [0.4, 0.5) is 0 Å². The van der Waals surface area contributed by atoms with E-state index in [9.17, 15) is 0 Å². The van der Waals surface area contributed by atoms with Gasteiger partial charge >= 0.3 is 0 Å². The van der Waals surface area contributed by atoms with Gasteiger partial charge in [-0.25, -0.2) is 4.98 Å². The molecule has 1 aliphatic rings. The molecule has 0 bridgehead atoms. The zero-order chi connectivity index (χ0) is 19.9. The highest BCUT2D eigenvalue weighted by Gasteiger charge is 2.35. The Morgan fingerprint density at radius 3 is 2.62 bits per heavy atom. The summed E-state index contributed by atoms with van der Waals surface area (Å²) in [6, 6.07) is 19.2. The van der Waals surface area contributed by atoms with Crippen LogP contribution in [-0.2, 0) is 12.0 Å².